The third-order valence-electron chi connectivity index (χ3n) is 5.90. The first kappa shape index (κ1) is 21.6. The third-order valence-corrected chi connectivity index (χ3v) is 5.90. The number of amides is 2. The number of nitrogens with one attached hydrogen (secondary N) is 2. The van der Waals surface area contributed by atoms with Crippen molar-refractivity contribution in [3.05, 3.63) is 65.7 Å². The number of nitrogens with zero attached hydrogens (tertiary/aromatic N) is 2. The summed E-state index contributed by atoms with van der Waals surface area (Å²) in [7, 11) is 0. The molecule has 0 fully saturated rings. The molecule has 0 atom stereocenters. The van der Waals surface area contributed by atoms with Crippen molar-refractivity contribution in [2.75, 3.05) is 18.4 Å². The number of likely N-dealkylation sites (N-methyl/N-ethyl adjacent to an activating group) is 1. The Kier molecular flexibility index (Phi) is 5.99. The smallest absolute Gasteiger partial charge is 0.242 e. The van der Waals surface area contributed by atoms with Gasteiger partial charge in [-0.2, -0.15) is 0 Å². The molecule has 2 amide bonds. The molecule has 0 unspecified atom stereocenters. The number of H-pyrrole nitrogens is 1. The van der Waals surface area contributed by atoms with Gasteiger partial charge in [0.2, 0.25) is 11.8 Å². The highest BCUT2D eigenvalue weighted by atomic mass is 19.1. The maximum absolute atomic E-state index is 13.7. The Morgan fingerprint density at radius 1 is 1.09 bits per heavy atom. The predicted molar refractivity (Wildman–Crippen MR) is 125 cm³/mol. The SMILES string of the molecule is CCN(CC)C(=O)Cn1ccc2cc(NC(=O)Cc3c(C)[nH]c4ccc(F)cc34)ccc21. The molecule has 7 heteroatoms. The van der Waals surface area contributed by atoms with Crippen molar-refractivity contribution in [1.82, 2.24) is 14.5 Å². The predicted octanol–water partition coefficient (Wildman–Crippen LogP) is 4.62. The van der Waals surface area contributed by atoms with Crippen molar-refractivity contribution in [1.29, 1.82) is 0 Å². The van der Waals surface area contributed by atoms with Gasteiger partial charge in [0.15, 0.2) is 0 Å². The highest BCUT2D eigenvalue weighted by Gasteiger charge is 2.15. The molecule has 0 radical (unpaired) electrons. The summed E-state index contributed by atoms with van der Waals surface area (Å²) in [5.74, 6) is -0.420. The van der Waals surface area contributed by atoms with Crippen molar-refractivity contribution in [2.24, 2.45) is 0 Å². The molecule has 0 aliphatic carbocycles. The average Bonchev–Trinajstić information content (AvgIpc) is 3.29. The number of aromatic nitrogens is 2. The number of halogens is 1. The van der Waals surface area contributed by atoms with E-state index in [2.05, 4.69) is 10.3 Å². The normalized spacial score (nSPS) is 11.2. The van der Waals surface area contributed by atoms with Gasteiger partial charge in [0, 0.05) is 52.5 Å². The van der Waals surface area contributed by atoms with Crippen LogP contribution in [0.15, 0.2) is 48.7 Å². The Hall–Kier alpha value is -3.61. The van der Waals surface area contributed by atoms with Crippen molar-refractivity contribution in [3.63, 3.8) is 0 Å². The molecule has 6 nitrogen and oxygen atoms in total. The van der Waals surface area contributed by atoms with Crippen LogP contribution in [0.3, 0.4) is 0 Å². The van der Waals surface area contributed by atoms with E-state index in [-0.39, 0.29) is 30.6 Å². The largest absolute Gasteiger partial charge is 0.358 e. The first-order valence-electron chi connectivity index (χ1n) is 10.8. The minimum atomic E-state index is -0.326. The van der Waals surface area contributed by atoms with Gasteiger partial charge in [0.1, 0.15) is 12.4 Å². The lowest BCUT2D eigenvalue weighted by Crippen LogP contribution is -2.33. The zero-order chi connectivity index (χ0) is 22.8. The quantitative estimate of drug-likeness (QED) is 0.446. The molecule has 0 saturated heterocycles. The Morgan fingerprint density at radius 3 is 2.62 bits per heavy atom. The minimum absolute atomic E-state index is 0.0791. The third kappa shape index (κ3) is 4.23. The highest BCUT2D eigenvalue weighted by molar-refractivity contribution is 5.98. The lowest BCUT2D eigenvalue weighted by Gasteiger charge is -2.19. The summed E-state index contributed by atoms with van der Waals surface area (Å²) in [6.07, 6.45) is 2.04. The standard InChI is InChI=1S/C25H27FN4O2/c1-4-29(5-2)25(32)15-30-11-10-17-12-19(7-9-23(17)30)28-24(31)14-20-16(3)27-22-8-6-18(26)13-21(20)22/h6-13,27H,4-5,14-15H2,1-3H3,(H,28,31). The van der Waals surface area contributed by atoms with Gasteiger partial charge in [-0.15, -0.1) is 0 Å². The van der Waals surface area contributed by atoms with Crippen LogP contribution < -0.4 is 5.32 Å². The van der Waals surface area contributed by atoms with E-state index < -0.39 is 0 Å². The Morgan fingerprint density at radius 2 is 1.88 bits per heavy atom. The number of carbonyl (C=O) groups excluding carboxylic acids is 2. The summed E-state index contributed by atoms with van der Waals surface area (Å²) in [5.41, 5.74) is 4.07. The fraction of sp³-hybridized carbons (Fsp3) is 0.280. The fourth-order valence-corrected chi connectivity index (χ4v) is 4.19. The van der Waals surface area contributed by atoms with Crippen LogP contribution in [0.5, 0.6) is 0 Å². The van der Waals surface area contributed by atoms with Crippen molar-refractivity contribution in [2.45, 2.75) is 33.7 Å². The van der Waals surface area contributed by atoms with Crippen LogP contribution in [0.4, 0.5) is 10.1 Å². The molecule has 2 aromatic heterocycles. The van der Waals surface area contributed by atoms with Crippen molar-refractivity contribution >= 4 is 39.3 Å². The number of aromatic amines is 1. The Labute approximate surface area is 186 Å². The van der Waals surface area contributed by atoms with Crippen LogP contribution in [-0.2, 0) is 22.6 Å². The molecular formula is C25H27FN4O2. The van der Waals surface area contributed by atoms with Gasteiger partial charge in [-0.3, -0.25) is 9.59 Å². The second-order valence-electron chi connectivity index (χ2n) is 7.93. The van der Waals surface area contributed by atoms with E-state index in [1.807, 2.05) is 55.8 Å². The zero-order valence-electron chi connectivity index (χ0n) is 18.5. The average molecular weight is 435 g/mol. The van der Waals surface area contributed by atoms with Crippen molar-refractivity contribution < 1.29 is 14.0 Å². The summed E-state index contributed by atoms with van der Waals surface area (Å²) in [5, 5.41) is 4.60. The summed E-state index contributed by atoms with van der Waals surface area (Å²) >= 11 is 0. The summed E-state index contributed by atoms with van der Waals surface area (Å²) in [4.78, 5) is 30.2. The number of fused-ring (bicyclic) bond motifs is 2. The van der Waals surface area contributed by atoms with Crippen LogP contribution in [0.1, 0.15) is 25.1 Å². The van der Waals surface area contributed by atoms with Gasteiger partial charge < -0.3 is 19.8 Å². The summed E-state index contributed by atoms with van der Waals surface area (Å²) in [6, 6.07) is 12.1. The zero-order valence-corrected chi connectivity index (χ0v) is 18.5. The Bertz CT molecular complexity index is 1300. The van der Waals surface area contributed by atoms with E-state index in [0.717, 1.165) is 33.1 Å². The van der Waals surface area contributed by atoms with Crippen LogP contribution in [0.25, 0.3) is 21.8 Å². The second kappa shape index (κ2) is 8.86. The molecule has 2 aromatic carbocycles. The topological polar surface area (TPSA) is 70.1 Å². The first-order chi connectivity index (χ1) is 15.4. The monoisotopic (exact) mass is 434 g/mol. The molecule has 4 aromatic rings. The maximum atomic E-state index is 13.7. The number of rotatable bonds is 7. The van der Waals surface area contributed by atoms with E-state index in [9.17, 15) is 14.0 Å². The molecule has 4 rings (SSSR count). The van der Waals surface area contributed by atoms with E-state index in [0.29, 0.717) is 18.8 Å². The van der Waals surface area contributed by atoms with E-state index in [1.165, 1.54) is 12.1 Å². The van der Waals surface area contributed by atoms with Crippen molar-refractivity contribution in [3.8, 4) is 0 Å². The second-order valence-corrected chi connectivity index (χ2v) is 7.93. The summed E-state index contributed by atoms with van der Waals surface area (Å²) in [6.45, 7) is 7.49. The number of anilines is 1. The lowest BCUT2D eigenvalue weighted by molar-refractivity contribution is -0.131. The molecule has 166 valence electrons. The number of hydrogen-bond donors (Lipinski definition) is 2. The maximum Gasteiger partial charge on any atom is 0.242 e. The molecule has 0 spiro atoms. The number of carbonyl (C=O) groups is 2. The molecule has 2 heterocycles. The molecule has 0 aliphatic rings. The highest BCUT2D eigenvalue weighted by Crippen LogP contribution is 2.25. The molecule has 32 heavy (non-hydrogen) atoms. The molecule has 0 bridgehead atoms. The number of hydrogen-bond acceptors (Lipinski definition) is 2. The van der Waals surface area contributed by atoms with Gasteiger partial charge in [-0.05, 0) is 68.8 Å². The van der Waals surface area contributed by atoms with Gasteiger partial charge in [-0.25, -0.2) is 4.39 Å². The molecular weight excluding hydrogens is 407 g/mol. The summed E-state index contributed by atoms with van der Waals surface area (Å²) < 4.78 is 15.6. The fourth-order valence-electron chi connectivity index (χ4n) is 4.19. The molecule has 2 N–H and O–H groups in total. The van der Waals surface area contributed by atoms with Gasteiger partial charge in [0.25, 0.3) is 0 Å². The molecule has 0 aliphatic heterocycles. The number of benzene rings is 2. The van der Waals surface area contributed by atoms with Crippen LogP contribution in [0.2, 0.25) is 0 Å². The van der Waals surface area contributed by atoms with E-state index >= 15 is 0 Å². The molecule has 0 saturated carbocycles. The van der Waals surface area contributed by atoms with Crippen LogP contribution >= 0.6 is 0 Å². The van der Waals surface area contributed by atoms with Gasteiger partial charge >= 0.3 is 0 Å². The number of aryl methyl sites for hydroxylation is 1. The minimum Gasteiger partial charge on any atom is -0.358 e. The lowest BCUT2D eigenvalue weighted by atomic mass is 10.1. The van der Waals surface area contributed by atoms with Gasteiger partial charge in [-0.1, -0.05) is 0 Å². The van der Waals surface area contributed by atoms with E-state index in [1.54, 1.807) is 11.0 Å². The van der Waals surface area contributed by atoms with Crippen LogP contribution in [-0.4, -0.2) is 39.4 Å². The Balaban J connectivity index is 1.49. The van der Waals surface area contributed by atoms with E-state index in [4.69, 9.17) is 0 Å². The van der Waals surface area contributed by atoms with Gasteiger partial charge in [0.05, 0.1) is 6.42 Å². The van der Waals surface area contributed by atoms with Crippen LogP contribution in [0, 0.1) is 12.7 Å². The first-order valence-corrected chi connectivity index (χ1v) is 10.8.